The van der Waals surface area contributed by atoms with Crippen LogP contribution in [-0.4, -0.2) is 41.4 Å². The highest BCUT2D eigenvalue weighted by molar-refractivity contribution is 5.96. The minimum absolute atomic E-state index is 0.821. The molecule has 2 aromatic carbocycles. The van der Waals surface area contributed by atoms with Crippen molar-refractivity contribution in [2.45, 2.75) is 6.54 Å². The first-order valence-electron chi connectivity index (χ1n) is 7.72. The predicted octanol–water partition coefficient (Wildman–Crippen LogP) is 3.06. The van der Waals surface area contributed by atoms with E-state index >= 15 is 0 Å². The van der Waals surface area contributed by atoms with Gasteiger partial charge in [0, 0.05) is 30.8 Å². The van der Waals surface area contributed by atoms with Crippen LogP contribution >= 0.6 is 0 Å². The largest absolute Gasteiger partial charge is 0.379 e. The summed E-state index contributed by atoms with van der Waals surface area (Å²) >= 11 is 0. The number of morpholine rings is 1. The van der Waals surface area contributed by atoms with Gasteiger partial charge in [-0.25, -0.2) is 0 Å². The number of nitrogens with one attached hydrogen (secondary N) is 1. The molecule has 0 radical (unpaired) electrons. The monoisotopic (exact) mass is 293 g/mol. The fraction of sp³-hybridized carbons (Fsp3) is 0.278. The van der Waals surface area contributed by atoms with E-state index in [2.05, 4.69) is 57.6 Å². The first-order valence-corrected chi connectivity index (χ1v) is 7.72. The Morgan fingerprint density at radius 3 is 2.77 bits per heavy atom. The van der Waals surface area contributed by atoms with E-state index in [0.717, 1.165) is 38.5 Å². The van der Waals surface area contributed by atoms with Gasteiger partial charge >= 0.3 is 0 Å². The van der Waals surface area contributed by atoms with Crippen molar-refractivity contribution in [3.8, 4) is 11.3 Å². The molecule has 1 saturated heterocycles. The third-order valence-electron chi connectivity index (χ3n) is 4.27. The molecule has 0 bridgehead atoms. The summed E-state index contributed by atoms with van der Waals surface area (Å²) in [4.78, 5) is 2.42. The normalized spacial score (nSPS) is 16.2. The summed E-state index contributed by atoms with van der Waals surface area (Å²) in [5.41, 5.74) is 3.60. The van der Waals surface area contributed by atoms with E-state index in [1.54, 1.807) is 0 Å². The van der Waals surface area contributed by atoms with Crippen molar-refractivity contribution in [3.05, 3.63) is 54.2 Å². The van der Waals surface area contributed by atoms with Crippen LogP contribution in [0.4, 0.5) is 0 Å². The molecule has 22 heavy (non-hydrogen) atoms. The highest BCUT2D eigenvalue weighted by Gasteiger charge is 2.16. The van der Waals surface area contributed by atoms with E-state index in [4.69, 9.17) is 4.74 Å². The number of hydrogen-bond donors (Lipinski definition) is 1. The number of ether oxygens (including phenoxy) is 1. The molecule has 1 aliphatic rings. The zero-order valence-corrected chi connectivity index (χ0v) is 12.5. The smallest absolute Gasteiger partial charge is 0.0701 e. The van der Waals surface area contributed by atoms with Gasteiger partial charge in [0.25, 0.3) is 0 Å². The molecule has 4 nitrogen and oxygen atoms in total. The molecule has 1 N–H and O–H groups in total. The summed E-state index contributed by atoms with van der Waals surface area (Å²) in [6.45, 7) is 4.53. The van der Waals surface area contributed by atoms with Crippen LogP contribution in [0.15, 0.2) is 48.7 Å². The quantitative estimate of drug-likeness (QED) is 0.807. The first-order chi connectivity index (χ1) is 10.9. The number of benzene rings is 2. The summed E-state index contributed by atoms with van der Waals surface area (Å²) < 4.78 is 5.43. The average Bonchev–Trinajstić information content (AvgIpc) is 3.03. The fourth-order valence-electron chi connectivity index (χ4n) is 3.11. The van der Waals surface area contributed by atoms with Crippen LogP contribution in [0.2, 0.25) is 0 Å². The zero-order chi connectivity index (χ0) is 14.8. The molecule has 0 atom stereocenters. The third-order valence-corrected chi connectivity index (χ3v) is 4.27. The molecule has 1 fully saturated rings. The van der Waals surface area contributed by atoms with Crippen LogP contribution in [0.3, 0.4) is 0 Å². The predicted molar refractivity (Wildman–Crippen MR) is 87.6 cm³/mol. The second-order valence-corrected chi connectivity index (χ2v) is 5.69. The van der Waals surface area contributed by atoms with Crippen LogP contribution in [0.5, 0.6) is 0 Å². The molecule has 0 saturated carbocycles. The van der Waals surface area contributed by atoms with Crippen LogP contribution in [-0.2, 0) is 11.3 Å². The van der Waals surface area contributed by atoms with E-state index in [9.17, 15) is 0 Å². The number of aromatic amines is 1. The van der Waals surface area contributed by atoms with Gasteiger partial charge in [-0.1, -0.05) is 42.5 Å². The molecule has 0 aliphatic carbocycles. The third kappa shape index (κ3) is 2.51. The van der Waals surface area contributed by atoms with E-state index in [0.29, 0.717) is 0 Å². The molecule has 3 aromatic rings. The Hall–Kier alpha value is -2.17. The summed E-state index contributed by atoms with van der Waals surface area (Å²) in [6.07, 6.45) is 1.95. The van der Waals surface area contributed by atoms with Crippen molar-refractivity contribution in [1.29, 1.82) is 0 Å². The fourth-order valence-corrected chi connectivity index (χ4v) is 3.11. The van der Waals surface area contributed by atoms with E-state index in [1.807, 2.05) is 6.20 Å². The second kappa shape index (κ2) is 5.91. The zero-order valence-electron chi connectivity index (χ0n) is 12.5. The Morgan fingerprint density at radius 1 is 1.05 bits per heavy atom. The first kappa shape index (κ1) is 13.5. The minimum Gasteiger partial charge on any atom is -0.379 e. The molecule has 0 spiro atoms. The number of hydrogen-bond acceptors (Lipinski definition) is 3. The number of aromatic nitrogens is 2. The maximum Gasteiger partial charge on any atom is 0.0701 e. The summed E-state index contributed by atoms with van der Waals surface area (Å²) in [6, 6.07) is 14.9. The molecular formula is C18H19N3O. The van der Waals surface area contributed by atoms with Crippen LogP contribution in [0, 0.1) is 0 Å². The van der Waals surface area contributed by atoms with Crippen molar-refractivity contribution in [3.63, 3.8) is 0 Å². The molecule has 4 rings (SSSR count). The molecule has 2 heterocycles. The number of fused-ring (bicyclic) bond motifs is 1. The lowest BCUT2D eigenvalue weighted by molar-refractivity contribution is 0.0342. The lowest BCUT2D eigenvalue weighted by Crippen LogP contribution is -2.35. The van der Waals surface area contributed by atoms with Gasteiger partial charge in [-0.15, -0.1) is 0 Å². The van der Waals surface area contributed by atoms with Gasteiger partial charge in [-0.2, -0.15) is 5.10 Å². The number of nitrogens with zero attached hydrogens (tertiary/aromatic N) is 2. The van der Waals surface area contributed by atoms with E-state index in [1.165, 1.54) is 21.9 Å². The number of rotatable bonds is 3. The Kier molecular flexibility index (Phi) is 3.62. The van der Waals surface area contributed by atoms with E-state index in [-0.39, 0.29) is 0 Å². The van der Waals surface area contributed by atoms with Gasteiger partial charge in [0.15, 0.2) is 0 Å². The van der Waals surface area contributed by atoms with Gasteiger partial charge in [0.05, 0.1) is 25.1 Å². The molecule has 1 aliphatic heterocycles. The average molecular weight is 293 g/mol. The van der Waals surface area contributed by atoms with Crippen LogP contribution in [0.25, 0.3) is 22.0 Å². The van der Waals surface area contributed by atoms with Crippen molar-refractivity contribution < 1.29 is 4.74 Å². The molecule has 0 unspecified atom stereocenters. The van der Waals surface area contributed by atoms with Crippen molar-refractivity contribution in [1.82, 2.24) is 15.1 Å². The lowest BCUT2D eigenvalue weighted by atomic mass is 10.00. The van der Waals surface area contributed by atoms with Crippen molar-refractivity contribution in [2.75, 3.05) is 26.3 Å². The van der Waals surface area contributed by atoms with Gasteiger partial charge in [0.1, 0.15) is 0 Å². The van der Waals surface area contributed by atoms with Crippen LogP contribution < -0.4 is 0 Å². The minimum atomic E-state index is 0.821. The Balaban J connectivity index is 1.71. The van der Waals surface area contributed by atoms with Gasteiger partial charge in [0.2, 0.25) is 0 Å². The highest BCUT2D eigenvalue weighted by Crippen LogP contribution is 2.30. The topological polar surface area (TPSA) is 41.2 Å². The molecule has 4 heteroatoms. The summed E-state index contributed by atoms with van der Waals surface area (Å²) in [5.74, 6) is 0. The molecular weight excluding hydrogens is 274 g/mol. The van der Waals surface area contributed by atoms with Crippen molar-refractivity contribution in [2.24, 2.45) is 0 Å². The van der Waals surface area contributed by atoms with Crippen LogP contribution in [0.1, 0.15) is 5.56 Å². The van der Waals surface area contributed by atoms with Gasteiger partial charge < -0.3 is 4.74 Å². The second-order valence-electron chi connectivity index (χ2n) is 5.69. The Bertz CT molecular complexity index is 769. The van der Waals surface area contributed by atoms with Crippen molar-refractivity contribution >= 4 is 10.8 Å². The Morgan fingerprint density at radius 2 is 1.86 bits per heavy atom. The maximum atomic E-state index is 5.43. The molecule has 0 amide bonds. The lowest BCUT2D eigenvalue weighted by Gasteiger charge is -2.26. The van der Waals surface area contributed by atoms with Gasteiger partial charge in [-0.05, 0) is 10.8 Å². The highest BCUT2D eigenvalue weighted by atomic mass is 16.5. The Labute approximate surface area is 129 Å². The SMILES string of the molecule is c1ccc2c(-c3[nH]ncc3CN3CCOCC3)cccc2c1. The maximum absolute atomic E-state index is 5.43. The van der Waals surface area contributed by atoms with Gasteiger partial charge in [-0.3, -0.25) is 10.00 Å². The standard InChI is InChI=1S/C18H19N3O/c1-2-6-16-14(4-1)5-3-7-17(16)18-15(12-19-20-18)13-21-8-10-22-11-9-21/h1-7,12H,8-11,13H2,(H,19,20). The number of H-pyrrole nitrogens is 1. The summed E-state index contributed by atoms with van der Waals surface area (Å²) in [5, 5.41) is 10.0. The van der Waals surface area contributed by atoms with E-state index < -0.39 is 0 Å². The molecule has 1 aromatic heterocycles. The molecule has 112 valence electrons. The summed E-state index contributed by atoms with van der Waals surface area (Å²) in [7, 11) is 0.